The molecule has 1 unspecified atom stereocenters. The number of aromatic nitrogens is 1. The molecule has 1 atom stereocenters. The average Bonchev–Trinajstić information content (AvgIpc) is 2.71. The molecule has 30 heavy (non-hydrogen) atoms. The Morgan fingerprint density at radius 1 is 1.23 bits per heavy atom. The summed E-state index contributed by atoms with van der Waals surface area (Å²) in [4.78, 5) is 40.8. The highest BCUT2D eigenvalue weighted by molar-refractivity contribution is 6.30. The first-order valence-electron chi connectivity index (χ1n) is 9.24. The zero-order valence-corrected chi connectivity index (χ0v) is 17.4. The summed E-state index contributed by atoms with van der Waals surface area (Å²) in [5.74, 6) is -1.54. The van der Waals surface area contributed by atoms with Gasteiger partial charge in [-0.3, -0.25) is 14.6 Å². The molecule has 158 valence electrons. The third kappa shape index (κ3) is 6.05. The van der Waals surface area contributed by atoms with Crippen LogP contribution in [0.15, 0.2) is 66.1 Å². The molecule has 1 aliphatic heterocycles. The van der Waals surface area contributed by atoms with Crippen molar-refractivity contribution in [2.75, 3.05) is 13.1 Å². The highest BCUT2D eigenvalue weighted by Gasteiger charge is 2.38. The quantitative estimate of drug-likeness (QED) is 0.675. The second-order valence-electron chi connectivity index (χ2n) is 6.33. The maximum absolute atomic E-state index is 12.5. The molecule has 2 heterocycles. The van der Waals surface area contributed by atoms with Crippen LogP contribution in [0.4, 0.5) is 4.79 Å². The van der Waals surface area contributed by atoms with E-state index in [4.69, 9.17) is 16.7 Å². The number of amides is 3. The minimum Gasteiger partial charge on any atom is -0.480 e. The molecule has 1 aliphatic rings. The van der Waals surface area contributed by atoms with Gasteiger partial charge < -0.3 is 20.6 Å². The number of likely N-dealkylation sites (N-methyl/N-ethyl adjacent to an activating group) is 1. The molecule has 0 bridgehead atoms. The van der Waals surface area contributed by atoms with E-state index in [0.717, 1.165) is 4.90 Å². The van der Waals surface area contributed by atoms with Crippen molar-refractivity contribution in [2.24, 2.45) is 0 Å². The molecular formula is C21H23ClN4O4. The molecule has 3 N–H and O–H groups in total. The fourth-order valence-corrected chi connectivity index (χ4v) is 3.17. The van der Waals surface area contributed by atoms with Crippen LogP contribution < -0.4 is 10.6 Å². The van der Waals surface area contributed by atoms with Crippen LogP contribution in [-0.4, -0.2) is 46.0 Å². The number of aliphatic carboxylic acids is 1. The van der Waals surface area contributed by atoms with E-state index in [1.54, 1.807) is 50.5 Å². The SMILES string of the molecule is CCNC(=O)C1=C(C)NC(=O)N(CC(=O)O)C1c1cccc(Cl)c1.c1ccncc1. The van der Waals surface area contributed by atoms with Crippen LogP contribution in [-0.2, 0) is 9.59 Å². The van der Waals surface area contributed by atoms with E-state index in [0.29, 0.717) is 28.4 Å². The van der Waals surface area contributed by atoms with E-state index in [-0.39, 0.29) is 5.91 Å². The Hall–Kier alpha value is -3.39. The fourth-order valence-electron chi connectivity index (χ4n) is 2.97. The Labute approximate surface area is 179 Å². The van der Waals surface area contributed by atoms with Crippen molar-refractivity contribution >= 4 is 29.5 Å². The zero-order chi connectivity index (χ0) is 22.1. The van der Waals surface area contributed by atoms with Gasteiger partial charge in [-0.25, -0.2) is 4.79 Å². The summed E-state index contributed by atoms with van der Waals surface area (Å²) < 4.78 is 0. The lowest BCUT2D eigenvalue weighted by atomic mass is 9.93. The Balaban J connectivity index is 0.000000456. The van der Waals surface area contributed by atoms with Gasteiger partial charge in [-0.2, -0.15) is 0 Å². The largest absolute Gasteiger partial charge is 0.480 e. The number of nitrogens with one attached hydrogen (secondary N) is 2. The average molecular weight is 431 g/mol. The molecule has 0 aliphatic carbocycles. The molecule has 2 aromatic rings. The maximum Gasteiger partial charge on any atom is 0.323 e. The molecule has 3 amide bonds. The second-order valence-corrected chi connectivity index (χ2v) is 6.77. The lowest BCUT2D eigenvalue weighted by molar-refractivity contribution is -0.138. The van der Waals surface area contributed by atoms with Gasteiger partial charge in [0, 0.05) is 29.7 Å². The molecule has 0 spiro atoms. The number of rotatable bonds is 5. The van der Waals surface area contributed by atoms with Crippen molar-refractivity contribution < 1.29 is 19.5 Å². The van der Waals surface area contributed by atoms with Gasteiger partial charge in [0.15, 0.2) is 0 Å². The summed E-state index contributed by atoms with van der Waals surface area (Å²) in [6.45, 7) is 3.25. The maximum atomic E-state index is 12.5. The van der Waals surface area contributed by atoms with Crippen LogP contribution in [0.5, 0.6) is 0 Å². The monoisotopic (exact) mass is 430 g/mol. The summed E-state index contributed by atoms with van der Waals surface area (Å²) in [6, 6.07) is 11.0. The molecule has 1 aromatic carbocycles. The van der Waals surface area contributed by atoms with Crippen molar-refractivity contribution in [1.29, 1.82) is 0 Å². The Morgan fingerprint density at radius 3 is 2.43 bits per heavy atom. The van der Waals surface area contributed by atoms with Crippen LogP contribution in [0.3, 0.4) is 0 Å². The van der Waals surface area contributed by atoms with Crippen LogP contribution >= 0.6 is 11.6 Å². The lowest BCUT2D eigenvalue weighted by Crippen LogP contribution is -2.51. The lowest BCUT2D eigenvalue weighted by Gasteiger charge is -2.37. The Kier molecular flexibility index (Phi) is 8.37. The summed E-state index contributed by atoms with van der Waals surface area (Å²) in [7, 11) is 0. The van der Waals surface area contributed by atoms with E-state index in [1.165, 1.54) is 0 Å². The molecule has 1 aromatic heterocycles. The van der Waals surface area contributed by atoms with E-state index in [2.05, 4.69) is 15.6 Å². The van der Waals surface area contributed by atoms with Crippen molar-refractivity contribution in [3.8, 4) is 0 Å². The van der Waals surface area contributed by atoms with Gasteiger partial charge in [-0.05, 0) is 43.7 Å². The number of carbonyl (C=O) groups excluding carboxylic acids is 2. The van der Waals surface area contributed by atoms with Crippen molar-refractivity contribution in [2.45, 2.75) is 19.9 Å². The third-order valence-electron chi connectivity index (χ3n) is 4.16. The number of urea groups is 1. The number of carbonyl (C=O) groups is 3. The third-order valence-corrected chi connectivity index (χ3v) is 4.40. The molecule has 0 radical (unpaired) electrons. The first-order chi connectivity index (χ1) is 14.3. The van der Waals surface area contributed by atoms with Crippen LogP contribution in [0, 0.1) is 0 Å². The van der Waals surface area contributed by atoms with E-state index < -0.39 is 24.6 Å². The summed E-state index contributed by atoms with van der Waals surface area (Å²) in [6.07, 6.45) is 3.50. The summed E-state index contributed by atoms with van der Waals surface area (Å²) >= 11 is 6.03. The fraction of sp³-hybridized carbons (Fsp3) is 0.238. The molecule has 8 nitrogen and oxygen atoms in total. The highest BCUT2D eigenvalue weighted by atomic mass is 35.5. The van der Waals surface area contributed by atoms with Gasteiger partial charge in [-0.15, -0.1) is 0 Å². The van der Waals surface area contributed by atoms with Crippen molar-refractivity contribution in [3.63, 3.8) is 0 Å². The van der Waals surface area contributed by atoms with Crippen LogP contribution in [0.2, 0.25) is 5.02 Å². The normalized spacial score (nSPS) is 15.6. The predicted molar refractivity (Wildman–Crippen MR) is 113 cm³/mol. The van der Waals surface area contributed by atoms with Gasteiger partial charge >= 0.3 is 12.0 Å². The number of halogens is 1. The number of hydrogen-bond acceptors (Lipinski definition) is 4. The van der Waals surface area contributed by atoms with Gasteiger partial charge in [-0.1, -0.05) is 29.8 Å². The standard InChI is InChI=1S/C16H18ClN3O4.C5H5N/c1-3-18-15(23)13-9(2)19-16(24)20(8-12(21)22)14(13)10-5-4-6-11(17)7-10;1-2-4-6-5-3-1/h4-7,14H,3,8H2,1-2H3,(H,18,23)(H,19,24)(H,21,22);1-5H. The van der Waals surface area contributed by atoms with Gasteiger partial charge in [0.2, 0.25) is 0 Å². The topological polar surface area (TPSA) is 112 Å². The van der Waals surface area contributed by atoms with E-state index in [9.17, 15) is 14.4 Å². The smallest absolute Gasteiger partial charge is 0.323 e. The van der Waals surface area contributed by atoms with Crippen LogP contribution in [0.1, 0.15) is 25.5 Å². The molecule has 9 heteroatoms. The van der Waals surface area contributed by atoms with Gasteiger partial charge in [0.05, 0.1) is 11.6 Å². The number of hydrogen-bond donors (Lipinski definition) is 3. The van der Waals surface area contributed by atoms with Gasteiger partial charge in [0.1, 0.15) is 6.54 Å². The van der Waals surface area contributed by atoms with E-state index in [1.807, 2.05) is 18.2 Å². The zero-order valence-electron chi connectivity index (χ0n) is 16.6. The minimum absolute atomic E-state index is 0.292. The summed E-state index contributed by atoms with van der Waals surface area (Å²) in [5, 5.41) is 14.8. The molecule has 3 rings (SSSR count). The molecule has 0 fully saturated rings. The first kappa shape index (κ1) is 22.9. The van der Waals surface area contributed by atoms with Gasteiger partial charge in [0.25, 0.3) is 5.91 Å². The first-order valence-corrected chi connectivity index (χ1v) is 9.61. The second kappa shape index (κ2) is 11.0. The number of allylic oxidation sites excluding steroid dienone is 1. The Bertz CT molecular complexity index is 907. The predicted octanol–water partition coefficient (Wildman–Crippen LogP) is 2.98. The number of carboxylic acids is 1. The summed E-state index contributed by atoms with van der Waals surface area (Å²) in [5.41, 5.74) is 1.25. The number of nitrogens with zero attached hydrogens (tertiary/aromatic N) is 2. The highest BCUT2D eigenvalue weighted by Crippen LogP contribution is 2.34. The number of carboxylic acid groups (broad SMARTS) is 1. The minimum atomic E-state index is -1.17. The molecule has 0 saturated carbocycles. The van der Waals surface area contributed by atoms with E-state index >= 15 is 0 Å². The Morgan fingerprint density at radius 2 is 1.93 bits per heavy atom. The van der Waals surface area contributed by atoms with Crippen molar-refractivity contribution in [1.82, 2.24) is 20.5 Å². The molecule has 0 saturated heterocycles. The van der Waals surface area contributed by atoms with Crippen LogP contribution in [0.25, 0.3) is 0 Å². The number of benzene rings is 1. The number of pyridine rings is 1. The molecular weight excluding hydrogens is 408 g/mol. The van der Waals surface area contributed by atoms with Crippen molar-refractivity contribution in [3.05, 3.63) is 76.7 Å².